The summed E-state index contributed by atoms with van der Waals surface area (Å²) >= 11 is 4.08. The molecule has 0 heterocycles. The van der Waals surface area contributed by atoms with Crippen LogP contribution in [0.4, 0.5) is 4.39 Å². The number of halogens is 1. The van der Waals surface area contributed by atoms with Crippen molar-refractivity contribution in [2.45, 2.75) is 31.3 Å². The molecule has 1 unspecified atom stereocenters. The van der Waals surface area contributed by atoms with Crippen molar-refractivity contribution in [3.63, 3.8) is 0 Å². The van der Waals surface area contributed by atoms with Crippen molar-refractivity contribution >= 4 is 18.6 Å². The number of hydrogen-bond acceptors (Lipinski definition) is 4. The molecule has 0 amide bonds. The largest absolute Gasteiger partial charge is 0.461 e. The van der Waals surface area contributed by atoms with E-state index in [1.807, 2.05) is 44.2 Å². The number of aryl methyl sites for hydroxylation is 1. The first-order chi connectivity index (χ1) is 10.9. The van der Waals surface area contributed by atoms with Gasteiger partial charge in [-0.25, -0.2) is 4.39 Å². The summed E-state index contributed by atoms with van der Waals surface area (Å²) in [5.74, 6) is -0.557. The predicted molar refractivity (Wildman–Crippen MR) is 93.1 cm³/mol. The van der Waals surface area contributed by atoms with Gasteiger partial charge in [0.1, 0.15) is 11.9 Å². The van der Waals surface area contributed by atoms with Crippen LogP contribution in [0.25, 0.3) is 0 Å². The lowest BCUT2D eigenvalue weighted by atomic mass is 10.1. The number of hydrogen-bond donors (Lipinski definition) is 2. The van der Waals surface area contributed by atoms with Gasteiger partial charge in [0.25, 0.3) is 0 Å². The van der Waals surface area contributed by atoms with Crippen LogP contribution in [-0.2, 0) is 16.0 Å². The number of rotatable bonds is 4. The van der Waals surface area contributed by atoms with Crippen molar-refractivity contribution in [1.82, 2.24) is 0 Å². The number of nitrogens with two attached hydrogens (primary N) is 1. The highest BCUT2D eigenvalue weighted by molar-refractivity contribution is 7.80. The lowest BCUT2D eigenvalue weighted by molar-refractivity contribution is -0.146. The van der Waals surface area contributed by atoms with Gasteiger partial charge in [0.2, 0.25) is 0 Å². The fraction of sp³-hybridized carbons (Fsp3) is 0.278. The number of thiol groups is 1. The molecule has 3 nitrogen and oxygen atoms in total. The molecule has 2 aromatic rings. The van der Waals surface area contributed by atoms with E-state index in [1.54, 1.807) is 6.07 Å². The molecule has 0 bridgehead atoms. The van der Waals surface area contributed by atoms with Crippen LogP contribution in [0.15, 0.2) is 53.4 Å². The SMILES string of the molecule is CC(Cc1ccccc1)OC(=O)CN.Cc1cc(F)ccc1S. The maximum Gasteiger partial charge on any atom is 0.319 e. The molecule has 1 atom stereocenters. The van der Waals surface area contributed by atoms with Gasteiger partial charge in [-0.15, -0.1) is 12.6 Å². The molecule has 0 aliphatic heterocycles. The molecule has 0 aromatic heterocycles. The minimum Gasteiger partial charge on any atom is -0.461 e. The summed E-state index contributed by atoms with van der Waals surface area (Å²) in [6.45, 7) is 3.63. The molecule has 2 N–H and O–H groups in total. The van der Waals surface area contributed by atoms with Crippen molar-refractivity contribution in [3.8, 4) is 0 Å². The number of carbonyl (C=O) groups is 1. The van der Waals surface area contributed by atoms with E-state index in [-0.39, 0.29) is 24.4 Å². The third kappa shape index (κ3) is 7.81. The summed E-state index contributed by atoms with van der Waals surface area (Å²) < 4.78 is 17.4. The molecule has 2 aromatic carbocycles. The highest BCUT2D eigenvalue weighted by atomic mass is 32.1. The quantitative estimate of drug-likeness (QED) is 0.664. The predicted octanol–water partition coefficient (Wildman–Crippen LogP) is 3.54. The monoisotopic (exact) mass is 335 g/mol. The van der Waals surface area contributed by atoms with E-state index in [1.165, 1.54) is 12.1 Å². The van der Waals surface area contributed by atoms with E-state index in [0.29, 0.717) is 0 Å². The molecule has 0 aliphatic rings. The summed E-state index contributed by atoms with van der Waals surface area (Å²) in [5, 5.41) is 0. The second-order valence-electron chi connectivity index (χ2n) is 5.13. The van der Waals surface area contributed by atoms with E-state index < -0.39 is 0 Å². The molecule has 0 radical (unpaired) electrons. The molecular formula is C18H22FNO2S. The minimum atomic E-state index is -0.353. The number of esters is 1. The fourth-order valence-corrected chi connectivity index (χ4v) is 2.02. The maximum atomic E-state index is 12.3. The Kier molecular flexibility index (Phi) is 8.37. The van der Waals surface area contributed by atoms with Gasteiger partial charge >= 0.3 is 5.97 Å². The van der Waals surface area contributed by atoms with E-state index in [9.17, 15) is 9.18 Å². The van der Waals surface area contributed by atoms with Gasteiger partial charge in [0.05, 0.1) is 6.54 Å². The van der Waals surface area contributed by atoms with Gasteiger partial charge in [-0.2, -0.15) is 0 Å². The Bertz CT molecular complexity index is 620. The average molecular weight is 335 g/mol. The Balaban J connectivity index is 0.000000253. The van der Waals surface area contributed by atoms with Crippen LogP contribution in [0.1, 0.15) is 18.1 Å². The van der Waals surface area contributed by atoms with Crippen molar-refractivity contribution in [1.29, 1.82) is 0 Å². The molecule has 0 fully saturated rings. The van der Waals surface area contributed by atoms with Crippen LogP contribution >= 0.6 is 12.6 Å². The number of ether oxygens (including phenoxy) is 1. The highest BCUT2D eigenvalue weighted by Gasteiger charge is 2.07. The van der Waals surface area contributed by atoms with Gasteiger partial charge < -0.3 is 10.5 Å². The normalized spacial score (nSPS) is 11.2. The first-order valence-electron chi connectivity index (χ1n) is 7.31. The van der Waals surface area contributed by atoms with Crippen molar-refractivity contribution < 1.29 is 13.9 Å². The Morgan fingerprint density at radius 1 is 1.26 bits per heavy atom. The molecule has 0 spiro atoms. The summed E-state index contributed by atoms with van der Waals surface area (Å²) in [6, 6.07) is 14.4. The van der Waals surface area contributed by atoms with Gasteiger partial charge in [-0.3, -0.25) is 4.79 Å². The summed E-state index contributed by atoms with van der Waals surface area (Å²) in [7, 11) is 0. The average Bonchev–Trinajstić information content (AvgIpc) is 2.52. The zero-order valence-electron chi connectivity index (χ0n) is 13.3. The van der Waals surface area contributed by atoms with Gasteiger partial charge in [-0.1, -0.05) is 30.3 Å². The third-order valence-corrected chi connectivity index (χ3v) is 3.53. The molecule has 0 saturated carbocycles. The first-order valence-corrected chi connectivity index (χ1v) is 7.75. The van der Waals surface area contributed by atoms with E-state index >= 15 is 0 Å². The Morgan fingerprint density at radius 3 is 2.43 bits per heavy atom. The standard InChI is InChI=1S/C11H15NO2.C7H7FS/c1-9(14-11(13)8-12)7-10-5-3-2-4-6-10;1-5-4-6(8)2-3-7(5)9/h2-6,9H,7-8,12H2,1H3;2-4,9H,1H3. The van der Waals surface area contributed by atoms with Crippen LogP contribution in [0.3, 0.4) is 0 Å². The van der Waals surface area contributed by atoms with Crippen molar-refractivity contribution in [2.24, 2.45) is 5.73 Å². The smallest absolute Gasteiger partial charge is 0.319 e. The third-order valence-electron chi connectivity index (χ3n) is 3.02. The lowest BCUT2D eigenvalue weighted by Crippen LogP contribution is -2.23. The van der Waals surface area contributed by atoms with E-state index in [4.69, 9.17) is 10.5 Å². The summed E-state index contributed by atoms with van der Waals surface area (Å²) in [6.07, 6.45) is 0.612. The van der Waals surface area contributed by atoms with Gasteiger partial charge in [0, 0.05) is 11.3 Å². The highest BCUT2D eigenvalue weighted by Crippen LogP contribution is 2.12. The summed E-state index contributed by atoms with van der Waals surface area (Å²) in [4.78, 5) is 11.7. The summed E-state index contributed by atoms with van der Waals surface area (Å²) in [5.41, 5.74) is 7.17. The lowest BCUT2D eigenvalue weighted by Gasteiger charge is -2.12. The van der Waals surface area contributed by atoms with Crippen LogP contribution in [-0.4, -0.2) is 18.6 Å². The molecule has 0 saturated heterocycles. The van der Waals surface area contributed by atoms with Crippen LogP contribution < -0.4 is 5.73 Å². The first kappa shape index (κ1) is 19.2. The number of benzene rings is 2. The van der Waals surface area contributed by atoms with E-state index in [2.05, 4.69) is 12.6 Å². The Hall–Kier alpha value is -1.85. The zero-order chi connectivity index (χ0) is 17.2. The molecular weight excluding hydrogens is 313 g/mol. The van der Waals surface area contributed by atoms with Crippen LogP contribution in [0, 0.1) is 12.7 Å². The van der Waals surface area contributed by atoms with Crippen molar-refractivity contribution in [3.05, 3.63) is 65.5 Å². The Labute approximate surface area is 142 Å². The second kappa shape index (κ2) is 10.0. The van der Waals surface area contributed by atoms with Crippen molar-refractivity contribution in [2.75, 3.05) is 6.54 Å². The molecule has 23 heavy (non-hydrogen) atoms. The second-order valence-corrected chi connectivity index (χ2v) is 5.61. The van der Waals surface area contributed by atoms with E-state index in [0.717, 1.165) is 22.4 Å². The maximum absolute atomic E-state index is 12.3. The molecule has 2 rings (SSSR count). The molecule has 124 valence electrons. The Morgan fingerprint density at radius 2 is 1.91 bits per heavy atom. The topological polar surface area (TPSA) is 52.3 Å². The van der Waals surface area contributed by atoms with Crippen LogP contribution in [0.2, 0.25) is 0 Å². The zero-order valence-corrected chi connectivity index (χ0v) is 14.2. The number of carbonyl (C=O) groups excluding carboxylic acids is 1. The fourth-order valence-electron chi connectivity index (χ4n) is 1.88. The van der Waals surface area contributed by atoms with Gasteiger partial charge in [-0.05, 0) is 43.2 Å². The molecule has 5 heteroatoms. The molecule has 0 aliphatic carbocycles. The van der Waals surface area contributed by atoms with Gasteiger partial charge in [0.15, 0.2) is 0 Å². The minimum absolute atomic E-state index is 0.0564. The van der Waals surface area contributed by atoms with Crippen LogP contribution in [0.5, 0.6) is 0 Å².